The minimum atomic E-state index is -5.08. The van der Waals surface area contributed by atoms with Crippen LogP contribution in [0, 0.1) is 23.2 Å². The molecule has 3 aliphatic rings. The summed E-state index contributed by atoms with van der Waals surface area (Å²) in [4.78, 5) is 40.1. The number of alkyl halides is 3. The zero-order valence-corrected chi connectivity index (χ0v) is 17.6. The van der Waals surface area contributed by atoms with E-state index in [-0.39, 0.29) is 23.7 Å². The van der Waals surface area contributed by atoms with Crippen LogP contribution in [0.3, 0.4) is 0 Å². The lowest BCUT2D eigenvalue weighted by Gasteiger charge is -2.35. The van der Waals surface area contributed by atoms with E-state index >= 15 is 0 Å². The zero-order chi connectivity index (χ0) is 23.5. The van der Waals surface area contributed by atoms with E-state index in [1.807, 2.05) is 17.0 Å². The highest BCUT2D eigenvalue weighted by molar-refractivity contribution is 5.88. The van der Waals surface area contributed by atoms with E-state index in [0.717, 1.165) is 19.3 Å². The summed E-state index contributed by atoms with van der Waals surface area (Å²) in [7, 11) is 0. The van der Waals surface area contributed by atoms with Gasteiger partial charge >= 0.3 is 12.1 Å². The van der Waals surface area contributed by atoms with Crippen LogP contribution in [0.1, 0.15) is 26.2 Å². The van der Waals surface area contributed by atoms with Crippen LogP contribution in [0.5, 0.6) is 5.75 Å². The highest BCUT2D eigenvalue weighted by atomic mass is 19.4. The van der Waals surface area contributed by atoms with Crippen LogP contribution in [0.2, 0.25) is 0 Å². The molecule has 2 amide bonds. The topological polar surface area (TPSA) is 109 Å². The first-order valence-corrected chi connectivity index (χ1v) is 10.4. The second kappa shape index (κ2) is 9.33. The fourth-order valence-electron chi connectivity index (χ4n) is 4.52. The Morgan fingerprint density at radius 3 is 2.62 bits per heavy atom. The lowest BCUT2D eigenvalue weighted by Crippen LogP contribution is -2.44. The summed E-state index contributed by atoms with van der Waals surface area (Å²) < 4.78 is 37.6. The molecular formula is C21H26F3N3O5. The van der Waals surface area contributed by atoms with Crippen molar-refractivity contribution in [3.8, 4) is 5.75 Å². The Kier molecular flexibility index (Phi) is 6.94. The molecular weight excluding hydrogens is 431 g/mol. The average molecular weight is 457 g/mol. The van der Waals surface area contributed by atoms with Gasteiger partial charge in [-0.15, -0.1) is 0 Å². The van der Waals surface area contributed by atoms with Crippen molar-refractivity contribution >= 4 is 17.8 Å². The molecule has 0 radical (unpaired) electrons. The number of amides is 2. The maximum absolute atomic E-state index is 12.7. The summed E-state index contributed by atoms with van der Waals surface area (Å²) >= 11 is 0. The van der Waals surface area contributed by atoms with Crippen LogP contribution in [0.4, 0.5) is 13.2 Å². The molecule has 1 aromatic rings. The molecule has 4 rings (SSSR count). The third-order valence-electron chi connectivity index (χ3n) is 6.41. The van der Waals surface area contributed by atoms with Gasteiger partial charge in [-0.1, -0.05) is 6.92 Å². The number of hydrogen-bond acceptors (Lipinski definition) is 5. The van der Waals surface area contributed by atoms with Gasteiger partial charge in [-0.25, -0.2) is 4.79 Å². The molecule has 8 nitrogen and oxygen atoms in total. The number of carbonyl (C=O) groups is 3. The van der Waals surface area contributed by atoms with Crippen LogP contribution in [-0.2, 0) is 14.4 Å². The maximum atomic E-state index is 12.7. The van der Waals surface area contributed by atoms with Gasteiger partial charge in [0, 0.05) is 37.7 Å². The van der Waals surface area contributed by atoms with Crippen LogP contribution >= 0.6 is 0 Å². The number of carboxylic acids is 1. The SMILES string of the molecule is CC1CC(C(=O)N2CC[C@]3(C2)C(=O)NC[C@H]3COc2cccnc2)C1.O=C(O)C(F)(F)F. The normalized spacial score (nSPS) is 29.1. The van der Waals surface area contributed by atoms with E-state index in [2.05, 4.69) is 17.2 Å². The average Bonchev–Trinajstić information content (AvgIpc) is 3.30. The lowest BCUT2D eigenvalue weighted by molar-refractivity contribution is -0.192. The molecule has 2 aliphatic heterocycles. The molecule has 176 valence electrons. The van der Waals surface area contributed by atoms with Crippen molar-refractivity contribution in [3.05, 3.63) is 24.5 Å². The number of likely N-dealkylation sites (tertiary alicyclic amines) is 1. The number of aromatic nitrogens is 1. The van der Waals surface area contributed by atoms with Crippen LogP contribution in [0.15, 0.2) is 24.5 Å². The Balaban J connectivity index is 0.000000360. The second-order valence-corrected chi connectivity index (χ2v) is 8.65. The van der Waals surface area contributed by atoms with Gasteiger partial charge in [0.1, 0.15) is 5.75 Å². The van der Waals surface area contributed by atoms with Crippen molar-refractivity contribution in [2.75, 3.05) is 26.2 Å². The van der Waals surface area contributed by atoms with Crippen molar-refractivity contribution in [1.82, 2.24) is 15.2 Å². The first-order valence-electron chi connectivity index (χ1n) is 10.4. The van der Waals surface area contributed by atoms with Gasteiger partial charge in [0.25, 0.3) is 0 Å². The van der Waals surface area contributed by atoms with E-state index in [4.69, 9.17) is 14.6 Å². The summed E-state index contributed by atoms with van der Waals surface area (Å²) in [6.07, 6.45) is 1.01. The fraction of sp³-hybridized carbons (Fsp3) is 0.619. The summed E-state index contributed by atoms with van der Waals surface area (Å²) in [5.74, 6) is -0.830. The molecule has 2 N–H and O–H groups in total. The number of carbonyl (C=O) groups excluding carboxylic acids is 2. The van der Waals surface area contributed by atoms with Crippen molar-refractivity contribution in [2.24, 2.45) is 23.2 Å². The number of nitrogens with one attached hydrogen (secondary N) is 1. The molecule has 0 unspecified atom stereocenters. The zero-order valence-electron chi connectivity index (χ0n) is 17.6. The molecule has 0 aromatic carbocycles. The smallest absolute Gasteiger partial charge is 0.490 e. The molecule has 3 fully saturated rings. The molecule has 1 spiro atoms. The Hall–Kier alpha value is -2.85. The third kappa shape index (κ3) is 5.13. The lowest BCUT2D eigenvalue weighted by atomic mass is 9.75. The molecule has 2 atom stereocenters. The molecule has 1 aromatic heterocycles. The number of carboxylic acid groups (broad SMARTS) is 1. The first-order chi connectivity index (χ1) is 15.0. The van der Waals surface area contributed by atoms with Gasteiger partial charge in [0.15, 0.2) is 0 Å². The molecule has 0 bridgehead atoms. The Morgan fingerprint density at radius 2 is 2.06 bits per heavy atom. The predicted octanol–water partition coefficient (Wildman–Crippen LogP) is 2.10. The minimum absolute atomic E-state index is 0.0737. The van der Waals surface area contributed by atoms with Crippen molar-refractivity contribution < 1.29 is 37.4 Å². The van der Waals surface area contributed by atoms with Crippen molar-refractivity contribution in [2.45, 2.75) is 32.4 Å². The fourth-order valence-corrected chi connectivity index (χ4v) is 4.52. The largest absolute Gasteiger partial charge is 0.492 e. The van der Waals surface area contributed by atoms with E-state index in [1.54, 1.807) is 12.4 Å². The third-order valence-corrected chi connectivity index (χ3v) is 6.41. The summed E-state index contributed by atoms with van der Waals surface area (Å²) in [6, 6.07) is 3.70. The summed E-state index contributed by atoms with van der Waals surface area (Å²) in [6.45, 7) is 4.48. The number of pyridine rings is 1. The number of rotatable bonds is 4. The number of nitrogens with zero attached hydrogens (tertiary/aromatic N) is 2. The Labute approximate surface area is 183 Å². The Bertz CT molecular complexity index is 845. The number of aliphatic carboxylic acids is 1. The van der Waals surface area contributed by atoms with Crippen LogP contribution in [0.25, 0.3) is 0 Å². The quantitative estimate of drug-likeness (QED) is 0.717. The minimum Gasteiger partial charge on any atom is -0.492 e. The highest BCUT2D eigenvalue weighted by Gasteiger charge is 2.55. The molecule has 11 heteroatoms. The molecule has 3 heterocycles. The summed E-state index contributed by atoms with van der Waals surface area (Å²) in [5.41, 5.74) is -0.493. The molecule has 1 saturated carbocycles. The van der Waals surface area contributed by atoms with Gasteiger partial charge in [-0.05, 0) is 37.3 Å². The number of ether oxygens (including phenoxy) is 1. The second-order valence-electron chi connectivity index (χ2n) is 8.65. The molecule has 32 heavy (non-hydrogen) atoms. The van der Waals surface area contributed by atoms with E-state index in [9.17, 15) is 22.8 Å². The monoisotopic (exact) mass is 457 g/mol. The van der Waals surface area contributed by atoms with E-state index < -0.39 is 17.6 Å². The van der Waals surface area contributed by atoms with Gasteiger partial charge in [0.2, 0.25) is 11.8 Å². The first kappa shape index (κ1) is 23.8. The number of halogens is 3. The standard InChI is InChI=1S/C19H25N3O3.C2HF3O2/c1-13-7-14(8-13)17(23)22-6-4-19(12-22)15(9-21-18(19)24)11-25-16-3-2-5-20-10-16;3-2(4,5)1(6)7/h2-3,5,10,13-15H,4,6-9,11-12H2,1H3,(H,21,24);(H,6,7)/t13?,14?,15-,19+;/m0./s1. The van der Waals surface area contributed by atoms with Crippen LogP contribution < -0.4 is 10.1 Å². The van der Waals surface area contributed by atoms with Gasteiger partial charge < -0.3 is 20.1 Å². The molecule has 1 aliphatic carbocycles. The maximum Gasteiger partial charge on any atom is 0.490 e. The highest BCUT2D eigenvalue weighted by Crippen LogP contribution is 2.44. The van der Waals surface area contributed by atoms with Crippen molar-refractivity contribution in [1.29, 1.82) is 0 Å². The van der Waals surface area contributed by atoms with Crippen molar-refractivity contribution in [3.63, 3.8) is 0 Å². The van der Waals surface area contributed by atoms with Gasteiger partial charge in [-0.2, -0.15) is 13.2 Å². The van der Waals surface area contributed by atoms with Gasteiger partial charge in [0.05, 0.1) is 18.2 Å². The Morgan fingerprint density at radius 1 is 1.38 bits per heavy atom. The molecule has 2 saturated heterocycles. The van der Waals surface area contributed by atoms with Gasteiger partial charge in [-0.3, -0.25) is 14.6 Å². The van der Waals surface area contributed by atoms with E-state index in [0.29, 0.717) is 37.9 Å². The predicted molar refractivity (Wildman–Crippen MR) is 105 cm³/mol. The van der Waals surface area contributed by atoms with Crippen LogP contribution in [-0.4, -0.2) is 65.2 Å². The summed E-state index contributed by atoms with van der Waals surface area (Å²) in [5, 5.41) is 10.1. The number of hydrogen-bond donors (Lipinski definition) is 2. The van der Waals surface area contributed by atoms with E-state index in [1.165, 1.54) is 0 Å².